The molecule has 1 fully saturated rings. The molecular weight excluding hydrogens is 287 g/mol. The molecule has 1 heterocycles. The van der Waals surface area contributed by atoms with Gasteiger partial charge in [0.2, 0.25) is 0 Å². The molecule has 1 aromatic heterocycles. The van der Waals surface area contributed by atoms with Crippen molar-refractivity contribution in [1.29, 1.82) is 0 Å². The molecule has 1 saturated carbocycles. The average molecular weight is 302 g/mol. The van der Waals surface area contributed by atoms with Crippen LogP contribution < -0.4 is 10.1 Å². The summed E-state index contributed by atoms with van der Waals surface area (Å²) in [6.45, 7) is 0. The highest BCUT2D eigenvalue weighted by atomic mass is 19.1. The maximum absolute atomic E-state index is 13.4. The van der Waals surface area contributed by atoms with E-state index < -0.39 is 11.8 Å². The molecule has 0 unspecified atom stereocenters. The van der Waals surface area contributed by atoms with Gasteiger partial charge in [0, 0.05) is 12.1 Å². The fourth-order valence-corrected chi connectivity index (χ4v) is 1.95. The van der Waals surface area contributed by atoms with Gasteiger partial charge in [-0.1, -0.05) is 0 Å². The van der Waals surface area contributed by atoms with Gasteiger partial charge in [0.15, 0.2) is 0 Å². The third-order valence-corrected chi connectivity index (χ3v) is 3.24. The first-order valence-electron chi connectivity index (χ1n) is 6.94. The second-order valence-corrected chi connectivity index (χ2v) is 5.03. The molecule has 114 valence electrons. The van der Waals surface area contributed by atoms with Gasteiger partial charge in [-0.2, -0.15) is 0 Å². The minimum Gasteiger partial charge on any atom is -0.465 e. The van der Waals surface area contributed by atoms with Crippen molar-refractivity contribution in [3.8, 4) is 11.5 Å². The lowest BCUT2D eigenvalue weighted by Crippen LogP contribution is -2.05. The number of carbonyl (C=O) groups is 1. The molecule has 0 aliphatic heterocycles. The Hall–Kier alpha value is -2.63. The fraction of sp³-hybridized carbons (Fsp3) is 0.250. The third kappa shape index (κ3) is 3.33. The van der Waals surface area contributed by atoms with Gasteiger partial charge in [-0.05, 0) is 37.1 Å². The highest BCUT2D eigenvalue weighted by Gasteiger charge is 2.21. The second-order valence-electron chi connectivity index (χ2n) is 5.03. The van der Waals surface area contributed by atoms with E-state index in [0.717, 1.165) is 24.7 Å². The molecule has 0 spiro atoms. The van der Waals surface area contributed by atoms with E-state index in [4.69, 9.17) is 4.74 Å². The lowest BCUT2D eigenvalue weighted by molar-refractivity contribution is 0.0598. The van der Waals surface area contributed by atoms with Crippen LogP contribution in [0.15, 0.2) is 36.5 Å². The Morgan fingerprint density at radius 1 is 1.32 bits per heavy atom. The van der Waals surface area contributed by atoms with Gasteiger partial charge in [0.25, 0.3) is 0 Å². The Morgan fingerprint density at radius 2 is 2.14 bits per heavy atom. The number of hydrogen-bond acceptors (Lipinski definition) is 5. The van der Waals surface area contributed by atoms with Crippen molar-refractivity contribution >= 4 is 11.8 Å². The summed E-state index contributed by atoms with van der Waals surface area (Å²) in [4.78, 5) is 15.9. The molecule has 0 radical (unpaired) electrons. The molecule has 6 heteroatoms. The molecule has 1 N–H and O–H groups in total. The van der Waals surface area contributed by atoms with Gasteiger partial charge < -0.3 is 14.8 Å². The zero-order valence-corrected chi connectivity index (χ0v) is 12.0. The first kappa shape index (κ1) is 14.3. The van der Waals surface area contributed by atoms with E-state index in [0.29, 0.717) is 11.8 Å². The van der Waals surface area contributed by atoms with E-state index >= 15 is 0 Å². The molecule has 1 aromatic carbocycles. The number of halogens is 1. The molecule has 2 aromatic rings. The average Bonchev–Trinajstić information content (AvgIpc) is 3.33. The number of aromatic nitrogens is 1. The lowest BCUT2D eigenvalue weighted by Gasteiger charge is -2.10. The zero-order valence-electron chi connectivity index (χ0n) is 12.0. The van der Waals surface area contributed by atoms with Crippen LogP contribution in [0.4, 0.5) is 10.2 Å². The van der Waals surface area contributed by atoms with Crippen LogP contribution in [-0.4, -0.2) is 24.1 Å². The number of nitrogens with one attached hydrogen (secondary N) is 1. The summed E-state index contributed by atoms with van der Waals surface area (Å²) >= 11 is 0. The molecular formula is C16H15FN2O3. The SMILES string of the molecule is COC(=O)c1ccc(F)cc1Oc1ccc(NC2CC2)nc1. The van der Waals surface area contributed by atoms with Crippen LogP contribution in [0.1, 0.15) is 23.2 Å². The van der Waals surface area contributed by atoms with Gasteiger partial charge in [0.05, 0.1) is 13.3 Å². The van der Waals surface area contributed by atoms with Crippen LogP contribution in [0.5, 0.6) is 11.5 Å². The number of ether oxygens (including phenoxy) is 2. The van der Waals surface area contributed by atoms with Gasteiger partial charge in [-0.15, -0.1) is 0 Å². The second kappa shape index (κ2) is 6.01. The Bertz CT molecular complexity index is 684. The summed E-state index contributed by atoms with van der Waals surface area (Å²) in [5, 5.41) is 3.25. The van der Waals surface area contributed by atoms with Crippen LogP contribution in [0, 0.1) is 5.82 Å². The number of nitrogens with zero attached hydrogens (tertiary/aromatic N) is 1. The van der Waals surface area contributed by atoms with Gasteiger partial charge in [-0.3, -0.25) is 0 Å². The molecule has 0 bridgehead atoms. The fourth-order valence-electron chi connectivity index (χ4n) is 1.95. The highest BCUT2D eigenvalue weighted by Crippen LogP contribution is 2.28. The van der Waals surface area contributed by atoms with E-state index in [1.54, 1.807) is 12.1 Å². The van der Waals surface area contributed by atoms with Crippen LogP contribution in [-0.2, 0) is 4.74 Å². The summed E-state index contributed by atoms with van der Waals surface area (Å²) in [5.74, 6) is 0.188. The maximum atomic E-state index is 13.4. The molecule has 1 aliphatic carbocycles. The smallest absolute Gasteiger partial charge is 0.341 e. The minimum absolute atomic E-state index is 0.0940. The summed E-state index contributed by atoms with van der Waals surface area (Å²) < 4.78 is 23.6. The van der Waals surface area contributed by atoms with E-state index in [1.165, 1.54) is 25.4 Å². The minimum atomic E-state index is -0.588. The molecule has 3 rings (SSSR count). The Labute approximate surface area is 127 Å². The van der Waals surface area contributed by atoms with E-state index in [1.807, 2.05) is 0 Å². The van der Waals surface area contributed by atoms with Gasteiger partial charge >= 0.3 is 5.97 Å². The van der Waals surface area contributed by atoms with Gasteiger partial charge in [0.1, 0.15) is 28.7 Å². The standard InChI is InChI=1S/C16H15FN2O3/c1-21-16(20)13-6-2-10(17)8-14(13)22-12-5-7-15(18-9-12)19-11-3-4-11/h2,5-9,11H,3-4H2,1H3,(H,18,19). The van der Waals surface area contributed by atoms with Gasteiger partial charge in [-0.25, -0.2) is 14.2 Å². The number of rotatable bonds is 5. The molecule has 1 aliphatic rings. The number of anilines is 1. The summed E-state index contributed by atoms with van der Waals surface area (Å²) in [6, 6.07) is 7.65. The van der Waals surface area contributed by atoms with E-state index in [2.05, 4.69) is 15.0 Å². The third-order valence-electron chi connectivity index (χ3n) is 3.24. The van der Waals surface area contributed by atoms with Crippen LogP contribution in [0.25, 0.3) is 0 Å². The van der Waals surface area contributed by atoms with Crippen LogP contribution in [0.3, 0.4) is 0 Å². The summed E-state index contributed by atoms with van der Waals surface area (Å²) in [5.41, 5.74) is 0.157. The summed E-state index contributed by atoms with van der Waals surface area (Å²) in [7, 11) is 1.26. The predicted octanol–water partition coefficient (Wildman–Crippen LogP) is 3.37. The maximum Gasteiger partial charge on any atom is 0.341 e. The number of esters is 1. The normalized spacial score (nSPS) is 13.5. The Morgan fingerprint density at radius 3 is 2.77 bits per heavy atom. The number of pyridine rings is 1. The first-order valence-corrected chi connectivity index (χ1v) is 6.94. The molecule has 5 nitrogen and oxygen atoms in total. The summed E-state index contributed by atoms with van der Waals surface area (Å²) in [6.07, 6.45) is 3.84. The quantitative estimate of drug-likeness (QED) is 0.858. The number of methoxy groups -OCH3 is 1. The van der Waals surface area contributed by atoms with Crippen molar-refractivity contribution in [2.24, 2.45) is 0 Å². The Balaban J connectivity index is 1.79. The van der Waals surface area contributed by atoms with Crippen molar-refractivity contribution in [2.45, 2.75) is 18.9 Å². The van der Waals surface area contributed by atoms with Crippen molar-refractivity contribution in [1.82, 2.24) is 4.98 Å². The molecule has 22 heavy (non-hydrogen) atoms. The van der Waals surface area contributed by atoms with Crippen LogP contribution in [0.2, 0.25) is 0 Å². The molecule has 0 amide bonds. The highest BCUT2D eigenvalue weighted by molar-refractivity contribution is 5.92. The first-order chi connectivity index (χ1) is 10.7. The number of hydrogen-bond donors (Lipinski definition) is 1. The molecule has 0 atom stereocenters. The van der Waals surface area contributed by atoms with Crippen molar-refractivity contribution < 1.29 is 18.7 Å². The predicted molar refractivity (Wildman–Crippen MR) is 78.7 cm³/mol. The monoisotopic (exact) mass is 302 g/mol. The number of carbonyl (C=O) groups excluding carboxylic acids is 1. The van der Waals surface area contributed by atoms with Crippen molar-refractivity contribution in [3.05, 3.63) is 47.9 Å². The topological polar surface area (TPSA) is 60.5 Å². The number of benzene rings is 1. The van der Waals surface area contributed by atoms with Crippen molar-refractivity contribution in [2.75, 3.05) is 12.4 Å². The largest absolute Gasteiger partial charge is 0.465 e. The Kier molecular flexibility index (Phi) is 3.91. The lowest BCUT2D eigenvalue weighted by atomic mass is 10.2. The van der Waals surface area contributed by atoms with Crippen molar-refractivity contribution in [3.63, 3.8) is 0 Å². The van der Waals surface area contributed by atoms with E-state index in [-0.39, 0.29) is 11.3 Å². The van der Waals surface area contributed by atoms with Crippen LogP contribution >= 0.6 is 0 Å². The zero-order chi connectivity index (χ0) is 15.5. The molecule has 0 saturated heterocycles. The van der Waals surface area contributed by atoms with E-state index in [9.17, 15) is 9.18 Å².